The van der Waals surface area contributed by atoms with Crippen molar-refractivity contribution >= 4 is 5.91 Å². The lowest BCUT2D eigenvalue weighted by Crippen LogP contribution is -2.20. The molecule has 2 aromatic carbocycles. The molecule has 2 aromatic rings. The van der Waals surface area contributed by atoms with Crippen molar-refractivity contribution in [3.8, 4) is 11.1 Å². The molecule has 0 radical (unpaired) electrons. The Balaban J connectivity index is 2.06. The van der Waals surface area contributed by atoms with Crippen molar-refractivity contribution < 1.29 is 18.0 Å². The third-order valence-corrected chi connectivity index (χ3v) is 3.85. The molecule has 1 amide bonds. The van der Waals surface area contributed by atoms with E-state index in [-0.39, 0.29) is 11.8 Å². The number of halogens is 3. The van der Waals surface area contributed by atoms with E-state index in [0.29, 0.717) is 6.42 Å². The van der Waals surface area contributed by atoms with Crippen molar-refractivity contribution in [2.75, 3.05) is 0 Å². The van der Waals surface area contributed by atoms with Crippen LogP contribution in [0.25, 0.3) is 11.1 Å². The molecule has 0 aliphatic heterocycles. The Bertz CT molecular complexity index is 660. The zero-order valence-corrected chi connectivity index (χ0v) is 12.7. The Labute approximate surface area is 133 Å². The Morgan fingerprint density at radius 1 is 1.00 bits per heavy atom. The van der Waals surface area contributed by atoms with E-state index < -0.39 is 11.7 Å². The fourth-order valence-electron chi connectivity index (χ4n) is 2.24. The summed E-state index contributed by atoms with van der Waals surface area (Å²) >= 11 is 0. The highest BCUT2D eigenvalue weighted by molar-refractivity contribution is 5.76. The van der Waals surface area contributed by atoms with E-state index in [9.17, 15) is 18.0 Å². The molecule has 23 heavy (non-hydrogen) atoms. The number of amides is 1. The first-order valence-electron chi connectivity index (χ1n) is 7.33. The number of rotatable bonds is 5. The van der Waals surface area contributed by atoms with Crippen LogP contribution in [0, 0.1) is 5.92 Å². The number of hydrogen-bond donors (Lipinski definition) is 1. The standard InChI is InChI=1S/C18H18F3NO/c1-12(17(22)23)2-3-13-4-6-14(7-5-13)15-8-10-16(11-9-15)18(19,20)21/h4-12H,2-3H2,1H3,(H2,22,23)/t12-/m0/s1. The quantitative estimate of drug-likeness (QED) is 0.870. The van der Waals surface area contributed by atoms with Crippen molar-refractivity contribution in [1.82, 2.24) is 0 Å². The summed E-state index contributed by atoms with van der Waals surface area (Å²) in [6.45, 7) is 1.79. The van der Waals surface area contributed by atoms with Crippen LogP contribution in [0.4, 0.5) is 13.2 Å². The van der Waals surface area contributed by atoms with Crippen LogP contribution in [0.5, 0.6) is 0 Å². The predicted molar refractivity (Wildman–Crippen MR) is 83.6 cm³/mol. The summed E-state index contributed by atoms with van der Waals surface area (Å²) in [6.07, 6.45) is -2.91. The molecule has 0 saturated carbocycles. The average molecular weight is 321 g/mol. The lowest BCUT2D eigenvalue weighted by Gasteiger charge is -2.09. The van der Waals surface area contributed by atoms with Gasteiger partial charge in [-0.15, -0.1) is 0 Å². The summed E-state index contributed by atoms with van der Waals surface area (Å²) in [7, 11) is 0. The van der Waals surface area contributed by atoms with Gasteiger partial charge in [0.2, 0.25) is 5.91 Å². The van der Waals surface area contributed by atoms with E-state index in [2.05, 4.69) is 0 Å². The minimum Gasteiger partial charge on any atom is -0.369 e. The van der Waals surface area contributed by atoms with Gasteiger partial charge in [0.15, 0.2) is 0 Å². The van der Waals surface area contributed by atoms with Gasteiger partial charge in [0.25, 0.3) is 0 Å². The number of benzene rings is 2. The Kier molecular flexibility index (Phi) is 5.08. The molecule has 1 atom stereocenters. The summed E-state index contributed by atoms with van der Waals surface area (Å²) in [4.78, 5) is 11.0. The molecule has 0 heterocycles. The van der Waals surface area contributed by atoms with E-state index in [1.54, 1.807) is 6.92 Å². The lowest BCUT2D eigenvalue weighted by molar-refractivity contribution is -0.137. The molecule has 0 aromatic heterocycles. The molecule has 0 aliphatic carbocycles. The van der Waals surface area contributed by atoms with Gasteiger partial charge >= 0.3 is 6.18 Å². The van der Waals surface area contributed by atoms with Crippen molar-refractivity contribution in [3.05, 3.63) is 59.7 Å². The summed E-state index contributed by atoms with van der Waals surface area (Å²) in [5.74, 6) is -0.490. The molecule has 5 heteroatoms. The van der Waals surface area contributed by atoms with Gasteiger partial charge in [0.1, 0.15) is 0 Å². The van der Waals surface area contributed by atoms with Crippen LogP contribution in [0.3, 0.4) is 0 Å². The summed E-state index contributed by atoms with van der Waals surface area (Å²) in [5.41, 5.74) is 7.22. The molecule has 0 saturated heterocycles. The molecular formula is C18H18F3NO. The molecule has 0 spiro atoms. The maximum absolute atomic E-state index is 12.5. The first-order valence-corrected chi connectivity index (χ1v) is 7.33. The van der Waals surface area contributed by atoms with Crippen LogP contribution in [-0.2, 0) is 17.4 Å². The molecule has 0 aliphatic rings. The first kappa shape index (κ1) is 17.1. The second-order valence-electron chi connectivity index (χ2n) is 5.61. The van der Waals surface area contributed by atoms with Gasteiger partial charge in [-0.2, -0.15) is 13.2 Å². The maximum atomic E-state index is 12.5. The zero-order chi connectivity index (χ0) is 17.0. The fraction of sp³-hybridized carbons (Fsp3) is 0.278. The second kappa shape index (κ2) is 6.86. The van der Waals surface area contributed by atoms with Crippen LogP contribution < -0.4 is 5.73 Å². The third kappa shape index (κ3) is 4.58. The number of alkyl halides is 3. The van der Waals surface area contributed by atoms with Gasteiger partial charge in [0.05, 0.1) is 5.56 Å². The van der Waals surface area contributed by atoms with Crippen molar-refractivity contribution in [1.29, 1.82) is 0 Å². The van der Waals surface area contributed by atoms with E-state index in [1.807, 2.05) is 24.3 Å². The largest absolute Gasteiger partial charge is 0.416 e. The molecule has 0 fully saturated rings. The van der Waals surface area contributed by atoms with Gasteiger partial charge < -0.3 is 5.73 Å². The second-order valence-corrected chi connectivity index (χ2v) is 5.61. The van der Waals surface area contributed by atoms with Crippen LogP contribution in [0.2, 0.25) is 0 Å². The number of carbonyl (C=O) groups is 1. The number of nitrogens with two attached hydrogens (primary N) is 1. The summed E-state index contributed by atoms with van der Waals surface area (Å²) < 4.78 is 37.6. The summed E-state index contributed by atoms with van der Waals surface area (Å²) in [6, 6.07) is 12.7. The Hall–Kier alpha value is -2.30. The van der Waals surface area contributed by atoms with Crippen molar-refractivity contribution in [2.45, 2.75) is 25.9 Å². The molecule has 0 unspecified atom stereocenters. The monoisotopic (exact) mass is 321 g/mol. The highest BCUT2D eigenvalue weighted by atomic mass is 19.4. The SMILES string of the molecule is C[C@@H](CCc1ccc(-c2ccc(C(F)(F)F)cc2)cc1)C(N)=O. The Morgan fingerprint density at radius 3 is 1.91 bits per heavy atom. The lowest BCUT2D eigenvalue weighted by atomic mass is 9.98. The van der Waals surface area contributed by atoms with Gasteiger partial charge in [-0.25, -0.2) is 0 Å². The smallest absolute Gasteiger partial charge is 0.369 e. The minimum atomic E-state index is -4.32. The van der Waals surface area contributed by atoms with Crippen molar-refractivity contribution in [3.63, 3.8) is 0 Å². The number of aryl methyl sites for hydroxylation is 1. The molecule has 0 bridgehead atoms. The van der Waals surface area contributed by atoms with Crippen LogP contribution in [-0.4, -0.2) is 5.91 Å². The fourth-order valence-corrected chi connectivity index (χ4v) is 2.24. The first-order chi connectivity index (χ1) is 10.8. The van der Waals surface area contributed by atoms with Gasteiger partial charge in [-0.1, -0.05) is 43.3 Å². The predicted octanol–water partition coefficient (Wildman–Crippen LogP) is 4.43. The molecule has 122 valence electrons. The van der Waals surface area contributed by atoms with Crippen LogP contribution in [0.1, 0.15) is 24.5 Å². The summed E-state index contributed by atoms with van der Waals surface area (Å²) in [5, 5.41) is 0. The number of carbonyl (C=O) groups excluding carboxylic acids is 1. The average Bonchev–Trinajstić information content (AvgIpc) is 2.52. The highest BCUT2D eigenvalue weighted by Crippen LogP contribution is 2.31. The molecular weight excluding hydrogens is 303 g/mol. The van der Waals surface area contributed by atoms with E-state index in [4.69, 9.17) is 5.73 Å². The Morgan fingerprint density at radius 2 is 1.48 bits per heavy atom. The topological polar surface area (TPSA) is 43.1 Å². The van der Waals surface area contributed by atoms with Gasteiger partial charge in [0, 0.05) is 5.92 Å². The molecule has 2 rings (SSSR count). The van der Waals surface area contributed by atoms with Crippen molar-refractivity contribution in [2.24, 2.45) is 11.7 Å². The van der Waals surface area contributed by atoms with E-state index >= 15 is 0 Å². The molecule has 2 nitrogen and oxygen atoms in total. The number of primary amides is 1. The van der Waals surface area contributed by atoms with Crippen LogP contribution in [0.15, 0.2) is 48.5 Å². The minimum absolute atomic E-state index is 0.176. The van der Waals surface area contributed by atoms with Gasteiger partial charge in [-0.3, -0.25) is 4.79 Å². The van der Waals surface area contributed by atoms with Crippen LogP contribution >= 0.6 is 0 Å². The maximum Gasteiger partial charge on any atom is 0.416 e. The third-order valence-electron chi connectivity index (χ3n) is 3.85. The number of hydrogen-bond acceptors (Lipinski definition) is 1. The normalized spacial score (nSPS) is 12.9. The van der Waals surface area contributed by atoms with E-state index in [0.717, 1.165) is 35.2 Å². The van der Waals surface area contributed by atoms with Gasteiger partial charge in [-0.05, 0) is 41.7 Å². The zero-order valence-electron chi connectivity index (χ0n) is 12.7. The molecule has 2 N–H and O–H groups in total. The van der Waals surface area contributed by atoms with E-state index in [1.165, 1.54) is 12.1 Å². The highest BCUT2D eigenvalue weighted by Gasteiger charge is 2.29.